The summed E-state index contributed by atoms with van der Waals surface area (Å²) in [5.74, 6) is 1.17. The lowest BCUT2D eigenvalue weighted by atomic mass is 10.0. The Bertz CT molecular complexity index is 1020. The topological polar surface area (TPSA) is 107 Å². The minimum Gasteiger partial charge on any atom is -0.497 e. The predicted molar refractivity (Wildman–Crippen MR) is 136 cm³/mol. The lowest BCUT2D eigenvalue weighted by molar-refractivity contribution is -0.138. The minimum absolute atomic E-state index is 0.0969. The molecule has 2 amide bonds. The van der Waals surface area contributed by atoms with Crippen LogP contribution in [0.2, 0.25) is 0 Å². The summed E-state index contributed by atoms with van der Waals surface area (Å²) in [6, 6.07) is 13.4. The second-order valence-electron chi connectivity index (χ2n) is 8.54. The van der Waals surface area contributed by atoms with Gasteiger partial charge in [0.05, 0.1) is 20.8 Å². The third kappa shape index (κ3) is 6.95. The molecule has 1 heterocycles. The molecule has 3 rings (SSSR count). The molecule has 188 valence electrons. The summed E-state index contributed by atoms with van der Waals surface area (Å²) in [5.41, 5.74) is 2.41. The van der Waals surface area contributed by atoms with E-state index in [4.69, 9.17) is 14.9 Å². The summed E-state index contributed by atoms with van der Waals surface area (Å²) in [6.45, 7) is 2.37. The highest BCUT2D eigenvalue weighted by Gasteiger charge is 2.20. The Labute approximate surface area is 206 Å². The fourth-order valence-electron chi connectivity index (χ4n) is 4.08. The number of hydrogen-bond donors (Lipinski definition) is 3. The number of carbonyl (C=O) groups excluding carboxylic acids is 2. The molecule has 1 fully saturated rings. The average Bonchev–Trinajstić information content (AvgIpc) is 2.90. The van der Waals surface area contributed by atoms with Gasteiger partial charge in [-0.05, 0) is 50.2 Å². The van der Waals surface area contributed by atoms with Crippen LogP contribution in [0.4, 0.5) is 5.69 Å². The molecule has 1 saturated heterocycles. The smallest absolute Gasteiger partial charge is 0.231 e. The summed E-state index contributed by atoms with van der Waals surface area (Å²) >= 11 is 0. The van der Waals surface area contributed by atoms with Crippen molar-refractivity contribution in [3.8, 4) is 11.5 Å². The van der Waals surface area contributed by atoms with Crippen LogP contribution >= 0.6 is 0 Å². The number of piperidine rings is 1. The fraction of sp³-hybridized carbons (Fsp3) is 0.423. The number of nitrogens with one attached hydrogen (secondary N) is 3. The molecule has 1 aliphatic rings. The molecule has 0 bridgehead atoms. The van der Waals surface area contributed by atoms with Crippen LogP contribution < -0.4 is 20.1 Å². The van der Waals surface area contributed by atoms with Gasteiger partial charge in [0.1, 0.15) is 17.3 Å². The van der Waals surface area contributed by atoms with Crippen molar-refractivity contribution < 1.29 is 19.1 Å². The molecule has 0 atom stereocenters. The minimum atomic E-state index is -0.321. The normalized spacial score (nSPS) is 13.6. The Balaban J connectivity index is 1.60. The summed E-state index contributed by atoms with van der Waals surface area (Å²) < 4.78 is 10.6. The van der Waals surface area contributed by atoms with Crippen molar-refractivity contribution in [3.05, 3.63) is 53.6 Å². The lowest BCUT2D eigenvalue weighted by Crippen LogP contribution is -2.37. The van der Waals surface area contributed by atoms with Gasteiger partial charge >= 0.3 is 0 Å². The third-order valence-electron chi connectivity index (χ3n) is 6.21. The Kier molecular flexibility index (Phi) is 9.48. The van der Waals surface area contributed by atoms with Gasteiger partial charge in [0.25, 0.3) is 0 Å². The van der Waals surface area contributed by atoms with Crippen LogP contribution in [0.25, 0.3) is 0 Å². The van der Waals surface area contributed by atoms with E-state index in [0.717, 1.165) is 42.1 Å². The van der Waals surface area contributed by atoms with Gasteiger partial charge in [-0.1, -0.05) is 12.1 Å². The van der Waals surface area contributed by atoms with E-state index in [1.54, 1.807) is 37.3 Å². The number of imide groups is 1. The van der Waals surface area contributed by atoms with E-state index in [1.807, 2.05) is 24.3 Å². The van der Waals surface area contributed by atoms with Crippen LogP contribution in [0, 0.1) is 5.41 Å². The molecular formula is C26H35N5O4. The van der Waals surface area contributed by atoms with Crippen molar-refractivity contribution in [3.63, 3.8) is 0 Å². The fourth-order valence-corrected chi connectivity index (χ4v) is 4.08. The lowest BCUT2D eigenvalue weighted by Gasteiger charge is -2.27. The Morgan fingerprint density at radius 2 is 1.91 bits per heavy atom. The number of methoxy groups -OCH3 is 2. The maximum atomic E-state index is 12.8. The number of rotatable bonds is 11. The molecule has 9 heteroatoms. The Hall–Kier alpha value is -3.59. The van der Waals surface area contributed by atoms with Gasteiger partial charge in [0.2, 0.25) is 12.3 Å². The molecule has 35 heavy (non-hydrogen) atoms. The van der Waals surface area contributed by atoms with Crippen molar-refractivity contribution in [1.29, 1.82) is 5.41 Å². The highest BCUT2D eigenvalue weighted by atomic mass is 16.5. The molecule has 0 aromatic heterocycles. The van der Waals surface area contributed by atoms with Crippen LogP contribution in [0.5, 0.6) is 11.5 Å². The summed E-state index contributed by atoms with van der Waals surface area (Å²) in [7, 11) is 4.88. The number of benzene rings is 2. The van der Waals surface area contributed by atoms with E-state index >= 15 is 0 Å². The first kappa shape index (κ1) is 26.0. The monoisotopic (exact) mass is 481 g/mol. The first-order valence-electron chi connectivity index (χ1n) is 11.8. The van der Waals surface area contributed by atoms with E-state index in [9.17, 15) is 9.59 Å². The van der Waals surface area contributed by atoms with Crippen molar-refractivity contribution >= 4 is 23.8 Å². The van der Waals surface area contributed by atoms with Crippen LogP contribution in [0.3, 0.4) is 0 Å². The van der Waals surface area contributed by atoms with E-state index in [1.165, 1.54) is 7.11 Å². The molecule has 0 unspecified atom stereocenters. The van der Waals surface area contributed by atoms with Gasteiger partial charge in [-0.25, -0.2) is 0 Å². The highest BCUT2D eigenvalue weighted by molar-refractivity contribution is 6.01. The van der Waals surface area contributed by atoms with Gasteiger partial charge in [-0.2, -0.15) is 0 Å². The molecule has 2 aromatic carbocycles. The van der Waals surface area contributed by atoms with E-state index in [0.29, 0.717) is 41.9 Å². The van der Waals surface area contributed by atoms with Gasteiger partial charge in [-0.15, -0.1) is 0 Å². The third-order valence-corrected chi connectivity index (χ3v) is 6.21. The average molecular weight is 482 g/mol. The maximum Gasteiger partial charge on any atom is 0.231 e. The second-order valence-corrected chi connectivity index (χ2v) is 8.54. The molecule has 0 saturated carbocycles. The predicted octanol–water partition coefficient (Wildman–Crippen LogP) is 2.70. The Morgan fingerprint density at radius 1 is 1.17 bits per heavy atom. The SMILES string of the molecule is COc1ccc(CN(C=O)C(=O)CCN(C)C(=N)c2ccccc2NC2CCNCC2)c(OC)c1. The number of nitrogens with zero attached hydrogens (tertiary/aromatic N) is 2. The quantitative estimate of drug-likeness (QED) is 0.257. The first-order valence-corrected chi connectivity index (χ1v) is 11.8. The number of carbonyl (C=O) groups is 2. The summed E-state index contributed by atoms with van der Waals surface area (Å²) in [4.78, 5) is 27.4. The standard InChI is InChI=1S/C26H35N5O4/c1-30(26(27)22-6-4-5-7-23(22)29-20-10-13-28-14-11-20)15-12-25(33)31(18-32)17-19-8-9-21(34-2)16-24(19)35-3/h4-9,16,18,20,27-29H,10-15,17H2,1-3H3. The zero-order chi connectivity index (χ0) is 25.2. The van der Waals surface area contributed by atoms with Gasteiger partial charge in [0.15, 0.2) is 0 Å². The summed E-state index contributed by atoms with van der Waals surface area (Å²) in [5, 5.41) is 15.6. The van der Waals surface area contributed by atoms with E-state index in [-0.39, 0.29) is 18.9 Å². The number of amides is 2. The molecule has 0 aliphatic carbocycles. The van der Waals surface area contributed by atoms with Crippen LogP contribution in [0.15, 0.2) is 42.5 Å². The molecule has 0 radical (unpaired) electrons. The van der Waals surface area contributed by atoms with Crippen LogP contribution in [-0.2, 0) is 16.1 Å². The number of anilines is 1. The van der Waals surface area contributed by atoms with E-state index < -0.39 is 0 Å². The molecular weight excluding hydrogens is 446 g/mol. The zero-order valence-corrected chi connectivity index (χ0v) is 20.7. The van der Waals surface area contributed by atoms with Crippen molar-refractivity contribution in [2.75, 3.05) is 46.2 Å². The van der Waals surface area contributed by atoms with Crippen LogP contribution in [-0.4, -0.2) is 74.9 Å². The zero-order valence-electron chi connectivity index (χ0n) is 20.7. The first-order chi connectivity index (χ1) is 17.0. The molecule has 9 nitrogen and oxygen atoms in total. The van der Waals surface area contributed by atoms with E-state index in [2.05, 4.69) is 10.6 Å². The highest BCUT2D eigenvalue weighted by Crippen LogP contribution is 2.26. The number of hydrogen-bond acceptors (Lipinski definition) is 7. The number of para-hydroxylation sites is 1. The maximum absolute atomic E-state index is 12.8. The van der Waals surface area contributed by atoms with Gasteiger partial charge < -0.3 is 25.0 Å². The molecule has 1 aliphatic heterocycles. The van der Waals surface area contributed by atoms with Gasteiger partial charge in [-0.3, -0.25) is 19.9 Å². The van der Waals surface area contributed by atoms with Crippen LogP contribution in [0.1, 0.15) is 30.4 Å². The Morgan fingerprint density at radius 3 is 2.60 bits per heavy atom. The molecule has 3 N–H and O–H groups in total. The largest absolute Gasteiger partial charge is 0.497 e. The summed E-state index contributed by atoms with van der Waals surface area (Å²) in [6.07, 6.45) is 2.70. The number of amidine groups is 1. The molecule has 2 aromatic rings. The number of ether oxygens (including phenoxy) is 2. The van der Waals surface area contributed by atoms with Gasteiger partial charge in [0, 0.05) is 48.9 Å². The van der Waals surface area contributed by atoms with Crippen molar-refractivity contribution in [2.24, 2.45) is 0 Å². The molecule has 0 spiro atoms. The van der Waals surface area contributed by atoms with Crippen molar-refractivity contribution in [2.45, 2.75) is 31.8 Å². The second kappa shape index (κ2) is 12.8. The van der Waals surface area contributed by atoms with Crippen molar-refractivity contribution in [1.82, 2.24) is 15.1 Å².